The summed E-state index contributed by atoms with van der Waals surface area (Å²) in [6.07, 6.45) is 1.87. The fourth-order valence-corrected chi connectivity index (χ4v) is 0.653. The molecule has 0 radical (unpaired) electrons. The highest BCUT2D eigenvalue weighted by molar-refractivity contribution is 5.57. The van der Waals surface area contributed by atoms with Gasteiger partial charge in [0.1, 0.15) is 0 Å². The Morgan fingerprint density at radius 2 is 2.56 bits per heavy atom. The normalized spacial score (nSPS) is 9.00. The van der Waals surface area contributed by atoms with Crippen molar-refractivity contribution in [1.82, 2.24) is 10.3 Å². The lowest BCUT2D eigenvalue weighted by Gasteiger charge is -1.98. The number of nitrogens with one attached hydrogen (secondary N) is 2. The summed E-state index contributed by atoms with van der Waals surface area (Å²) in [5.41, 5.74) is 1.96. The summed E-state index contributed by atoms with van der Waals surface area (Å²) in [5.74, 6) is 0. The Balaban J connectivity index is 2.77. The monoisotopic (exact) mass is 122 g/mol. The Labute approximate surface area is 54.6 Å². The SMILES string of the molecule is C=C(NC)c1ccc[nH]1. The lowest BCUT2D eigenvalue weighted by Crippen LogP contribution is -2.02. The molecule has 0 fully saturated rings. The first kappa shape index (κ1) is 5.95. The lowest BCUT2D eigenvalue weighted by molar-refractivity contribution is 1.11. The lowest BCUT2D eigenvalue weighted by atomic mass is 10.3. The van der Waals surface area contributed by atoms with Crippen LogP contribution in [0, 0.1) is 0 Å². The van der Waals surface area contributed by atoms with E-state index < -0.39 is 0 Å². The van der Waals surface area contributed by atoms with Gasteiger partial charge in [0.05, 0.1) is 11.4 Å². The van der Waals surface area contributed by atoms with Crippen molar-refractivity contribution in [1.29, 1.82) is 0 Å². The van der Waals surface area contributed by atoms with Crippen molar-refractivity contribution in [2.24, 2.45) is 0 Å². The number of rotatable bonds is 2. The van der Waals surface area contributed by atoms with Crippen molar-refractivity contribution in [3.8, 4) is 0 Å². The van der Waals surface area contributed by atoms with Gasteiger partial charge in [-0.3, -0.25) is 0 Å². The van der Waals surface area contributed by atoms with Crippen molar-refractivity contribution in [3.63, 3.8) is 0 Å². The molecule has 2 heteroatoms. The van der Waals surface area contributed by atoms with Crippen LogP contribution in [-0.4, -0.2) is 12.0 Å². The molecule has 0 saturated carbocycles. The van der Waals surface area contributed by atoms with E-state index in [1.807, 2.05) is 25.4 Å². The summed E-state index contributed by atoms with van der Waals surface area (Å²) in [5, 5.41) is 2.94. The second-order valence-corrected chi connectivity index (χ2v) is 1.81. The molecule has 1 heterocycles. The molecular formula is C7H10N2. The van der Waals surface area contributed by atoms with Gasteiger partial charge in [0, 0.05) is 13.2 Å². The Hall–Kier alpha value is -1.18. The van der Waals surface area contributed by atoms with Gasteiger partial charge in [0.2, 0.25) is 0 Å². The van der Waals surface area contributed by atoms with E-state index in [0.29, 0.717) is 0 Å². The molecule has 48 valence electrons. The number of aromatic nitrogens is 1. The molecule has 0 unspecified atom stereocenters. The van der Waals surface area contributed by atoms with Gasteiger partial charge in [0.25, 0.3) is 0 Å². The smallest absolute Gasteiger partial charge is 0.0609 e. The van der Waals surface area contributed by atoms with E-state index in [1.54, 1.807) is 0 Å². The van der Waals surface area contributed by atoms with Gasteiger partial charge in [-0.05, 0) is 12.1 Å². The first-order valence-electron chi connectivity index (χ1n) is 2.85. The molecule has 0 aliphatic heterocycles. The summed E-state index contributed by atoms with van der Waals surface area (Å²) >= 11 is 0. The minimum atomic E-state index is 0.917. The molecule has 0 aliphatic rings. The van der Waals surface area contributed by atoms with Crippen LogP contribution in [-0.2, 0) is 0 Å². The highest BCUT2D eigenvalue weighted by Gasteiger charge is 1.91. The van der Waals surface area contributed by atoms with Crippen molar-refractivity contribution in [3.05, 3.63) is 30.6 Å². The van der Waals surface area contributed by atoms with Gasteiger partial charge < -0.3 is 10.3 Å². The summed E-state index contributed by atoms with van der Waals surface area (Å²) in [6, 6.07) is 3.91. The standard InChI is InChI=1S/C7H10N2/c1-6(8-2)7-4-3-5-9-7/h3-5,8-9H,1H2,2H3. The molecule has 1 aromatic heterocycles. The molecule has 0 amide bonds. The van der Waals surface area contributed by atoms with Crippen LogP contribution in [0.2, 0.25) is 0 Å². The fourth-order valence-electron chi connectivity index (χ4n) is 0.653. The van der Waals surface area contributed by atoms with Crippen LogP contribution in [0.3, 0.4) is 0 Å². The third-order valence-corrected chi connectivity index (χ3v) is 1.22. The van der Waals surface area contributed by atoms with Crippen LogP contribution in [0.15, 0.2) is 24.9 Å². The zero-order valence-electron chi connectivity index (χ0n) is 5.44. The average molecular weight is 122 g/mol. The molecule has 2 nitrogen and oxygen atoms in total. The first-order valence-corrected chi connectivity index (χ1v) is 2.85. The molecule has 0 saturated heterocycles. The molecule has 0 aromatic carbocycles. The second-order valence-electron chi connectivity index (χ2n) is 1.81. The minimum Gasteiger partial charge on any atom is -0.387 e. The van der Waals surface area contributed by atoms with Gasteiger partial charge >= 0.3 is 0 Å². The van der Waals surface area contributed by atoms with Crippen LogP contribution in [0.1, 0.15) is 5.69 Å². The Morgan fingerprint density at radius 3 is 3.00 bits per heavy atom. The third kappa shape index (κ3) is 1.13. The Morgan fingerprint density at radius 1 is 1.78 bits per heavy atom. The summed E-state index contributed by atoms with van der Waals surface area (Å²) in [4.78, 5) is 3.03. The first-order chi connectivity index (χ1) is 4.34. The second kappa shape index (κ2) is 2.40. The molecule has 1 aromatic rings. The highest BCUT2D eigenvalue weighted by Crippen LogP contribution is 2.02. The van der Waals surface area contributed by atoms with E-state index in [2.05, 4.69) is 16.9 Å². The molecule has 1 rings (SSSR count). The molecule has 0 atom stereocenters. The van der Waals surface area contributed by atoms with Crippen LogP contribution < -0.4 is 5.32 Å². The summed E-state index contributed by atoms with van der Waals surface area (Å²) in [7, 11) is 1.85. The van der Waals surface area contributed by atoms with Crippen LogP contribution in [0.25, 0.3) is 5.70 Å². The van der Waals surface area contributed by atoms with Gasteiger partial charge in [-0.1, -0.05) is 6.58 Å². The zero-order valence-corrected chi connectivity index (χ0v) is 5.44. The van der Waals surface area contributed by atoms with Crippen molar-refractivity contribution in [2.75, 3.05) is 7.05 Å². The molecule has 0 bridgehead atoms. The summed E-state index contributed by atoms with van der Waals surface area (Å²) < 4.78 is 0. The van der Waals surface area contributed by atoms with E-state index >= 15 is 0 Å². The van der Waals surface area contributed by atoms with Crippen LogP contribution in [0.4, 0.5) is 0 Å². The number of hydrogen-bond acceptors (Lipinski definition) is 1. The van der Waals surface area contributed by atoms with Crippen molar-refractivity contribution >= 4 is 5.70 Å². The maximum absolute atomic E-state index is 3.77. The van der Waals surface area contributed by atoms with E-state index in [-0.39, 0.29) is 0 Å². The topological polar surface area (TPSA) is 27.8 Å². The van der Waals surface area contributed by atoms with Gasteiger partial charge in [-0.2, -0.15) is 0 Å². The predicted octanol–water partition coefficient (Wildman–Crippen LogP) is 1.20. The van der Waals surface area contributed by atoms with Gasteiger partial charge in [-0.25, -0.2) is 0 Å². The van der Waals surface area contributed by atoms with Crippen LogP contribution in [0.5, 0.6) is 0 Å². The minimum absolute atomic E-state index is 0.917. The van der Waals surface area contributed by atoms with Crippen molar-refractivity contribution in [2.45, 2.75) is 0 Å². The van der Waals surface area contributed by atoms with Gasteiger partial charge in [-0.15, -0.1) is 0 Å². The third-order valence-electron chi connectivity index (χ3n) is 1.22. The van der Waals surface area contributed by atoms with E-state index in [4.69, 9.17) is 0 Å². The van der Waals surface area contributed by atoms with E-state index in [9.17, 15) is 0 Å². The highest BCUT2D eigenvalue weighted by atomic mass is 14.9. The average Bonchev–Trinajstić information content (AvgIpc) is 2.37. The largest absolute Gasteiger partial charge is 0.387 e. The zero-order chi connectivity index (χ0) is 6.69. The molecule has 0 aliphatic carbocycles. The maximum Gasteiger partial charge on any atom is 0.0609 e. The Kier molecular flexibility index (Phi) is 1.58. The van der Waals surface area contributed by atoms with E-state index in [1.165, 1.54) is 0 Å². The molecule has 0 spiro atoms. The number of aromatic amines is 1. The van der Waals surface area contributed by atoms with Gasteiger partial charge in [0.15, 0.2) is 0 Å². The number of H-pyrrole nitrogens is 1. The summed E-state index contributed by atoms with van der Waals surface area (Å²) in [6.45, 7) is 3.77. The predicted molar refractivity (Wildman–Crippen MR) is 38.9 cm³/mol. The Bertz CT molecular complexity index is 187. The molecule has 2 N–H and O–H groups in total. The number of hydrogen-bond donors (Lipinski definition) is 2. The fraction of sp³-hybridized carbons (Fsp3) is 0.143. The van der Waals surface area contributed by atoms with Crippen molar-refractivity contribution < 1.29 is 0 Å². The molecular weight excluding hydrogens is 112 g/mol. The quantitative estimate of drug-likeness (QED) is 0.606. The molecule has 9 heavy (non-hydrogen) atoms. The van der Waals surface area contributed by atoms with E-state index in [0.717, 1.165) is 11.4 Å². The maximum atomic E-state index is 3.77. The van der Waals surface area contributed by atoms with Crippen LogP contribution >= 0.6 is 0 Å².